The molecule has 0 heterocycles. The molecule has 0 saturated carbocycles. The minimum absolute atomic E-state index is 0. The van der Waals surface area contributed by atoms with Gasteiger partial charge in [-0.1, -0.05) is 61.4 Å². The Hall–Kier alpha value is -2.48. The smallest absolute Gasteiger partial charge is 0.549 e. The molecular formula is C30H45NaO7. The van der Waals surface area contributed by atoms with Crippen molar-refractivity contribution in [2.24, 2.45) is 11.8 Å². The second-order valence-corrected chi connectivity index (χ2v) is 10.00. The summed E-state index contributed by atoms with van der Waals surface area (Å²) in [6.07, 6.45) is 7.84. The maximum atomic E-state index is 11.3. The van der Waals surface area contributed by atoms with Crippen molar-refractivity contribution in [2.45, 2.75) is 81.8 Å². The molecule has 0 amide bonds. The first-order chi connectivity index (χ1) is 16.7. The number of hydrogen-bond donors (Lipinski definition) is 1. The minimum Gasteiger partial charge on any atom is -0.549 e. The van der Waals surface area contributed by atoms with Crippen LogP contribution >= 0.6 is 0 Å². The second-order valence-electron chi connectivity index (χ2n) is 10.00. The minimum atomic E-state index is -1.39. The van der Waals surface area contributed by atoms with Gasteiger partial charge in [0.2, 0.25) is 0 Å². The van der Waals surface area contributed by atoms with E-state index in [2.05, 4.69) is 13.2 Å². The van der Waals surface area contributed by atoms with Gasteiger partial charge < -0.3 is 19.7 Å². The number of hydrogen-bond acceptors (Lipinski definition) is 6. The van der Waals surface area contributed by atoms with Crippen LogP contribution in [0.15, 0.2) is 71.4 Å². The van der Waals surface area contributed by atoms with Crippen LogP contribution in [0.4, 0.5) is 0 Å². The van der Waals surface area contributed by atoms with Crippen LogP contribution in [0, 0.1) is 11.8 Å². The molecular weight excluding hydrogens is 495 g/mol. The maximum absolute atomic E-state index is 11.3. The Bertz CT molecular complexity index is 935. The van der Waals surface area contributed by atoms with Crippen molar-refractivity contribution in [1.29, 1.82) is 0 Å². The Balaban J connectivity index is -0.000000225. The molecule has 38 heavy (non-hydrogen) atoms. The molecule has 0 spiro atoms. The normalized spacial score (nSPS) is 10.9. The van der Waals surface area contributed by atoms with Crippen LogP contribution < -0.4 is 34.7 Å². The van der Waals surface area contributed by atoms with E-state index in [1.807, 2.05) is 47.6 Å². The van der Waals surface area contributed by atoms with E-state index in [0.29, 0.717) is 11.1 Å². The molecule has 0 radical (unpaired) electrons. The predicted molar refractivity (Wildman–Crippen MR) is 148 cm³/mol. The van der Waals surface area contributed by atoms with E-state index in [1.165, 1.54) is 19.1 Å². The van der Waals surface area contributed by atoms with E-state index in [9.17, 15) is 24.3 Å². The predicted octanol–water partition coefficient (Wildman–Crippen LogP) is 2.55. The van der Waals surface area contributed by atoms with Gasteiger partial charge in [0.05, 0.1) is 11.9 Å². The summed E-state index contributed by atoms with van der Waals surface area (Å²) in [7, 11) is 0. The average molecular weight is 541 g/mol. The zero-order valence-electron chi connectivity index (χ0n) is 25.4. The van der Waals surface area contributed by atoms with Crippen LogP contribution in [-0.4, -0.2) is 34.4 Å². The third-order valence-electron chi connectivity index (χ3n) is 4.17. The number of carboxylic acid groups (broad SMARTS) is 2. The van der Waals surface area contributed by atoms with Gasteiger partial charge in [0.1, 0.15) is 5.60 Å². The number of carbonyl (C=O) groups is 4. The summed E-state index contributed by atoms with van der Waals surface area (Å²) in [4.78, 5) is 43.6. The number of ketones is 1. The average Bonchev–Trinajstić information content (AvgIpc) is 2.65. The summed E-state index contributed by atoms with van der Waals surface area (Å²) in [5, 5.41) is 19.3. The summed E-state index contributed by atoms with van der Waals surface area (Å²) < 4.78 is 5.06. The third-order valence-corrected chi connectivity index (χ3v) is 4.17. The molecule has 0 aliphatic rings. The molecule has 8 heteroatoms. The van der Waals surface area contributed by atoms with Crippen LogP contribution in [0.2, 0.25) is 0 Å². The maximum Gasteiger partial charge on any atom is 1.00 e. The van der Waals surface area contributed by atoms with Gasteiger partial charge in [-0.15, -0.1) is 0 Å². The van der Waals surface area contributed by atoms with Crippen LogP contribution in [0.1, 0.15) is 76.2 Å². The van der Waals surface area contributed by atoms with Gasteiger partial charge in [-0.3, -0.25) is 4.79 Å². The van der Waals surface area contributed by atoms with E-state index in [4.69, 9.17) is 9.84 Å². The quantitative estimate of drug-likeness (QED) is 0.113. The van der Waals surface area contributed by atoms with Gasteiger partial charge in [0.25, 0.3) is 0 Å². The van der Waals surface area contributed by atoms with Crippen molar-refractivity contribution in [1.82, 2.24) is 0 Å². The van der Waals surface area contributed by atoms with Gasteiger partial charge in [-0.05, 0) is 80.4 Å². The Morgan fingerprint density at radius 1 is 0.868 bits per heavy atom. The molecule has 0 aromatic rings. The fourth-order valence-corrected chi connectivity index (χ4v) is 2.26. The number of allylic oxidation sites excluding steroid dienone is 6. The molecule has 1 N–H and O–H groups in total. The first-order valence-corrected chi connectivity index (χ1v) is 11.8. The topological polar surface area (TPSA) is 121 Å². The summed E-state index contributed by atoms with van der Waals surface area (Å²) in [5.74, 6) is -4.17. The van der Waals surface area contributed by atoms with Crippen molar-refractivity contribution in [3.05, 3.63) is 71.4 Å². The van der Waals surface area contributed by atoms with E-state index >= 15 is 0 Å². The van der Waals surface area contributed by atoms with E-state index < -0.39 is 29.2 Å². The first-order valence-electron chi connectivity index (χ1n) is 11.8. The molecule has 0 saturated heterocycles. The van der Waals surface area contributed by atoms with E-state index in [0.717, 1.165) is 16.7 Å². The summed E-state index contributed by atoms with van der Waals surface area (Å²) in [5.41, 5.74) is 2.97. The van der Waals surface area contributed by atoms with Crippen molar-refractivity contribution in [2.75, 3.05) is 0 Å². The Labute approximate surface area is 251 Å². The number of aliphatic carboxylic acids is 2. The molecule has 0 fully saturated rings. The van der Waals surface area contributed by atoms with E-state index in [-0.39, 0.29) is 41.4 Å². The fraction of sp³-hybridized carbons (Fsp3) is 0.467. The van der Waals surface area contributed by atoms with Crippen molar-refractivity contribution in [3.63, 3.8) is 0 Å². The zero-order valence-corrected chi connectivity index (χ0v) is 27.4. The number of esters is 1. The van der Waals surface area contributed by atoms with Crippen LogP contribution in [0.25, 0.3) is 0 Å². The molecule has 0 aromatic carbocycles. The van der Waals surface area contributed by atoms with E-state index in [1.54, 1.807) is 39.8 Å². The molecule has 0 aliphatic carbocycles. The van der Waals surface area contributed by atoms with Crippen molar-refractivity contribution >= 4 is 23.7 Å². The van der Waals surface area contributed by atoms with Gasteiger partial charge in [-0.2, -0.15) is 0 Å². The summed E-state index contributed by atoms with van der Waals surface area (Å²) >= 11 is 0. The van der Waals surface area contributed by atoms with Crippen LogP contribution in [-0.2, 0) is 23.9 Å². The molecule has 1 atom stereocenters. The van der Waals surface area contributed by atoms with Gasteiger partial charge in [0.15, 0.2) is 5.78 Å². The number of ether oxygens (including phenoxy) is 1. The monoisotopic (exact) mass is 540 g/mol. The van der Waals surface area contributed by atoms with Gasteiger partial charge in [0, 0.05) is 11.6 Å². The van der Waals surface area contributed by atoms with Crippen LogP contribution in [0.3, 0.4) is 0 Å². The Morgan fingerprint density at radius 3 is 1.58 bits per heavy atom. The number of carboxylic acids is 2. The van der Waals surface area contributed by atoms with Gasteiger partial charge in [-0.25, -0.2) is 9.59 Å². The molecule has 0 aromatic heterocycles. The SMILES string of the molecule is C=C(C)C(C(=O)[O-])C(=O)C=C(C)C.C=CC(C)(C)OC(=O)C=C(C)C.CC(C)=C/C=C(/C(=O)O)C(C)C.[Na+]. The Morgan fingerprint density at radius 2 is 1.32 bits per heavy atom. The van der Waals surface area contributed by atoms with Crippen LogP contribution in [0.5, 0.6) is 0 Å². The molecule has 7 nitrogen and oxygen atoms in total. The van der Waals surface area contributed by atoms with Crippen molar-refractivity contribution < 1.29 is 63.7 Å². The summed E-state index contributed by atoms with van der Waals surface area (Å²) in [6.45, 7) is 26.9. The Kier molecular flexibility index (Phi) is 24.1. The van der Waals surface area contributed by atoms with Gasteiger partial charge >= 0.3 is 41.5 Å². The molecule has 0 aliphatic heterocycles. The molecule has 1 unspecified atom stereocenters. The zero-order chi connectivity index (χ0) is 30.1. The largest absolute Gasteiger partial charge is 1.00 e. The standard InChI is InChI=1S/C10H14O3.2C10H16O2.Na/c1-6(2)5-8(11)9(7(3)4)10(12)13;1-7(2)5-6-9(8(3)4)10(11)12;1-6-10(4,5)12-9(11)7-8(2)3;/h5,9H,3H2,1-2,4H3,(H,12,13);5-6,8H,1-4H3,(H,11,12);6-7H,1H2,2-5H3;/q;;;+1/p-1/b;9-6+;;. The molecule has 0 bridgehead atoms. The third kappa shape index (κ3) is 23.9. The first kappa shape index (κ1) is 42.6. The molecule has 208 valence electrons. The molecule has 0 rings (SSSR count). The number of carbonyl (C=O) groups excluding carboxylic acids is 3. The number of rotatable bonds is 10. The summed E-state index contributed by atoms with van der Waals surface area (Å²) in [6, 6.07) is 0. The fourth-order valence-electron chi connectivity index (χ4n) is 2.26. The second kappa shape index (κ2) is 21.5. The van der Waals surface area contributed by atoms with Crippen molar-refractivity contribution in [3.8, 4) is 0 Å².